The number of rotatable bonds is 7. The first-order chi connectivity index (χ1) is 7.72. The van der Waals surface area contributed by atoms with Gasteiger partial charge in [-0.05, 0) is 12.3 Å². The van der Waals surface area contributed by atoms with Gasteiger partial charge in [0.15, 0.2) is 0 Å². The number of ether oxygens (including phenoxy) is 1. The molecule has 4 nitrogen and oxygen atoms in total. The third-order valence-corrected chi connectivity index (χ3v) is 2.72. The summed E-state index contributed by atoms with van der Waals surface area (Å²) in [4.78, 5) is 0. The fourth-order valence-corrected chi connectivity index (χ4v) is 1.97. The summed E-state index contributed by atoms with van der Waals surface area (Å²) in [6.45, 7) is 5.86. The third kappa shape index (κ3) is 3.46. The molecule has 0 radical (unpaired) electrons. The van der Waals surface area contributed by atoms with Crippen LogP contribution in [0.5, 0.6) is 0 Å². The number of aromatic nitrogens is 3. The molecule has 0 saturated heterocycles. The maximum Gasteiger partial charge on any atom is 0.101 e. The highest BCUT2D eigenvalue weighted by Crippen LogP contribution is 2.12. The van der Waals surface area contributed by atoms with Crippen LogP contribution in [0.1, 0.15) is 31.7 Å². The molecular weight excluding hydrogens is 226 g/mol. The molecule has 1 atom stereocenters. The van der Waals surface area contributed by atoms with Gasteiger partial charge in [-0.3, -0.25) is 0 Å². The smallest absolute Gasteiger partial charge is 0.101 e. The SMILES string of the molecule is CCCc1c(CCl)nnn1CC(C)COC. The fraction of sp³-hybridized carbons (Fsp3) is 0.818. The third-order valence-electron chi connectivity index (χ3n) is 2.47. The summed E-state index contributed by atoms with van der Waals surface area (Å²) in [7, 11) is 1.72. The van der Waals surface area contributed by atoms with Crippen LogP contribution in [0, 0.1) is 5.92 Å². The number of methoxy groups -OCH3 is 1. The van der Waals surface area contributed by atoms with E-state index in [0.29, 0.717) is 11.8 Å². The van der Waals surface area contributed by atoms with Crippen molar-refractivity contribution < 1.29 is 4.74 Å². The summed E-state index contributed by atoms with van der Waals surface area (Å²) in [6.07, 6.45) is 2.06. The highest BCUT2D eigenvalue weighted by Gasteiger charge is 2.13. The quantitative estimate of drug-likeness (QED) is 0.692. The molecule has 0 aliphatic heterocycles. The van der Waals surface area contributed by atoms with Gasteiger partial charge in [0.25, 0.3) is 0 Å². The second-order valence-electron chi connectivity index (χ2n) is 4.11. The van der Waals surface area contributed by atoms with Gasteiger partial charge in [0.05, 0.1) is 18.2 Å². The zero-order valence-electron chi connectivity index (χ0n) is 10.2. The van der Waals surface area contributed by atoms with Gasteiger partial charge in [-0.1, -0.05) is 25.5 Å². The molecular formula is C11H20ClN3O. The van der Waals surface area contributed by atoms with Gasteiger partial charge in [0, 0.05) is 13.7 Å². The van der Waals surface area contributed by atoms with Crippen LogP contribution >= 0.6 is 11.6 Å². The van der Waals surface area contributed by atoms with Crippen LogP contribution in [0.4, 0.5) is 0 Å². The molecule has 0 amide bonds. The van der Waals surface area contributed by atoms with Gasteiger partial charge in [-0.25, -0.2) is 4.68 Å². The Morgan fingerprint density at radius 1 is 1.50 bits per heavy atom. The van der Waals surface area contributed by atoms with Crippen molar-refractivity contribution in [1.82, 2.24) is 15.0 Å². The van der Waals surface area contributed by atoms with E-state index in [0.717, 1.165) is 31.7 Å². The molecule has 1 heterocycles. The summed E-state index contributed by atoms with van der Waals surface area (Å²) in [6, 6.07) is 0. The molecule has 0 bridgehead atoms. The average Bonchev–Trinajstić information content (AvgIpc) is 2.62. The summed E-state index contributed by atoms with van der Waals surface area (Å²) >= 11 is 5.84. The number of hydrogen-bond acceptors (Lipinski definition) is 3. The minimum Gasteiger partial charge on any atom is -0.384 e. The van der Waals surface area contributed by atoms with E-state index in [1.54, 1.807) is 7.11 Å². The molecule has 1 rings (SSSR count). The molecule has 0 aliphatic carbocycles. The minimum absolute atomic E-state index is 0.436. The van der Waals surface area contributed by atoms with E-state index in [1.807, 2.05) is 4.68 Å². The first kappa shape index (κ1) is 13.5. The zero-order chi connectivity index (χ0) is 12.0. The molecule has 1 aromatic heterocycles. The number of halogens is 1. The second kappa shape index (κ2) is 6.86. The predicted octanol–water partition coefficient (Wildman–Crippen LogP) is 2.25. The lowest BCUT2D eigenvalue weighted by Crippen LogP contribution is -2.16. The van der Waals surface area contributed by atoms with Crippen molar-refractivity contribution in [2.45, 2.75) is 39.1 Å². The van der Waals surface area contributed by atoms with E-state index in [1.165, 1.54) is 5.69 Å². The lowest BCUT2D eigenvalue weighted by atomic mass is 10.1. The lowest BCUT2D eigenvalue weighted by molar-refractivity contribution is 0.148. The monoisotopic (exact) mass is 245 g/mol. The number of nitrogens with zero attached hydrogens (tertiary/aromatic N) is 3. The Hall–Kier alpha value is -0.610. The Labute approximate surface area is 102 Å². The molecule has 0 saturated carbocycles. The Morgan fingerprint density at radius 3 is 2.81 bits per heavy atom. The molecule has 0 spiro atoms. The topological polar surface area (TPSA) is 39.9 Å². The highest BCUT2D eigenvalue weighted by molar-refractivity contribution is 6.16. The zero-order valence-corrected chi connectivity index (χ0v) is 11.0. The maximum absolute atomic E-state index is 5.84. The van der Waals surface area contributed by atoms with Gasteiger partial charge in [-0.15, -0.1) is 16.7 Å². The van der Waals surface area contributed by atoms with Crippen LogP contribution < -0.4 is 0 Å². The lowest BCUT2D eigenvalue weighted by Gasteiger charge is -2.12. The van der Waals surface area contributed by atoms with Gasteiger partial charge in [-0.2, -0.15) is 0 Å². The van der Waals surface area contributed by atoms with E-state index in [4.69, 9.17) is 16.3 Å². The molecule has 0 aliphatic rings. The number of hydrogen-bond donors (Lipinski definition) is 0. The molecule has 16 heavy (non-hydrogen) atoms. The average molecular weight is 246 g/mol. The first-order valence-electron chi connectivity index (χ1n) is 5.69. The van der Waals surface area contributed by atoms with Gasteiger partial charge in [0.2, 0.25) is 0 Å². The molecule has 1 unspecified atom stereocenters. The van der Waals surface area contributed by atoms with Crippen LogP contribution in [0.25, 0.3) is 0 Å². The Bertz CT molecular complexity index is 314. The van der Waals surface area contributed by atoms with Gasteiger partial charge in [0.1, 0.15) is 5.69 Å². The van der Waals surface area contributed by atoms with E-state index < -0.39 is 0 Å². The Kier molecular flexibility index (Phi) is 5.77. The van der Waals surface area contributed by atoms with E-state index in [2.05, 4.69) is 24.2 Å². The molecule has 0 aromatic carbocycles. The Balaban J connectivity index is 2.74. The van der Waals surface area contributed by atoms with Crippen LogP contribution in [0.2, 0.25) is 0 Å². The van der Waals surface area contributed by atoms with Crippen molar-refractivity contribution in [1.29, 1.82) is 0 Å². The summed E-state index contributed by atoms with van der Waals surface area (Å²) < 4.78 is 7.08. The van der Waals surface area contributed by atoms with Crippen molar-refractivity contribution in [3.63, 3.8) is 0 Å². The fourth-order valence-electron chi connectivity index (χ4n) is 1.76. The largest absolute Gasteiger partial charge is 0.384 e. The van der Waals surface area contributed by atoms with E-state index in [9.17, 15) is 0 Å². The van der Waals surface area contributed by atoms with Crippen LogP contribution in [-0.4, -0.2) is 28.7 Å². The van der Waals surface area contributed by atoms with Crippen LogP contribution in [-0.2, 0) is 23.6 Å². The van der Waals surface area contributed by atoms with Crippen molar-refractivity contribution in [2.24, 2.45) is 5.92 Å². The maximum atomic E-state index is 5.84. The van der Waals surface area contributed by atoms with Crippen LogP contribution in [0.3, 0.4) is 0 Å². The second-order valence-corrected chi connectivity index (χ2v) is 4.38. The summed E-state index contributed by atoms with van der Waals surface area (Å²) in [5.74, 6) is 0.874. The molecule has 1 aromatic rings. The van der Waals surface area contributed by atoms with Gasteiger partial charge >= 0.3 is 0 Å². The van der Waals surface area contributed by atoms with E-state index >= 15 is 0 Å². The minimum atomic E-state index is 0.436. The molecule has 92 valence electrons. The van der Waals surface area contributed by atoms with Crippen LogP contribution in [0.15, 0.2) is 0 Å². The van der Waals surface area contributed by atoms with E-state index in [-0.39, 0.29) is 0 Å². The first-order valence-corrected chi connectivity index (χ1v) is 6.22. The predicted molar refractivity (Wildman–Crippen MR) is 64.6 cm³/mol. The Morgan fingerprint density at radius 2 is 2.25 bits per heavy atom. The van der Waals surface area contributed by atoms with Crippen molar-refractivity contribution in [3.05, 3.63) is 11.4 Å². The molecule has 5 heteroatoms. The van der Waals surface area contributed by atoms with Gasteiger partial charge < -0.3 is 4.74 Å². The summed E-state index contributed by atoms with van der Waals surface area (Å²) in [5.41, 5.74) is 2.08. The standard InChI is InChI=1S/C11H20ClN3O/c1-4-5-11-10(6-12)13-14-15(11)7-9(2)8-16-3/h9H,4-8H2,1-3H3. The van der Waals surface area contributed by atoms with Crippen molar-refractivity contribution in [3.8, 4) is 0 Å². The molecule has 0 fully saturated rings. The van der Waals surface area contributed by atoms with Crippen molar-refractivity contribution in [2.75, 3.05) is 13.7 Å². The number of alkyl halides is 1. The summed E-state index contributed by atoms with van der Waals surface area (Å²) in [5, 5.41) is 8.26. The normalized spacial score (nSPS) is 13.0. The van der Waals surface area contributed by atoms with Crippen molar-refractivity contribution >= 4 is 11.6 Å². The molecule has 0 N–H and O–H groups in total. The highest BCUT2D eigenvalue weighted by atomic mass is 35.5.